The summed E-state index contributed by atoms with van der Waals surface area (Å²) in [5.41, 5.74) is 2.38. The van der Waals surface area contributed by atoms with Gasteiger partial charge in [-0.25, -0.2) is 0 Å². The van der Waals surface area contributed by atoms with Gasteiger partial charge in [0.15, 0.2) is 0 Å². The Morgan fingerprint density at radius 1 is 1.13 bits per heavy atom. The van der Waals surface area contributed by atoms with Crippen LogP contribution in [0.5, 0.6) is 0 Å². The molecule has 0 unspecified atom stereocenters. The predicted molar refractivity (Wildman–Crippen MR) is 63.9 cm³/mol. The van der Waals surface area contributed by atoms with E-state index in [1.807, 2.05) is 6.07 Å². The van der Waals surface area contributed by atoms with Crippen molar-refractivity contribution in [1.82, 2.24) is 10.2 Å². The number of fused-ring (bicyclic) bond motifs is 1. The van der Waals surface area contributed by atoms with Crippen molar-refractivity contribution in [3.63, 3.8) is 0 Å². The van der Waals surface area contributed by atoms with Gasteiger partial charge >= 0.3 is 0 Å². The Labute approximate surface area is 90.7 Å². The average Bonchev–Trinajstić information content (AvgIpc) is 2.68. The molecule has 1 aromatic heterocycles. The number of hydrogen-bond acceptors (Lipinski definition) is 1. The minimum Gasteiger partial charge on any atom is -0.281 e. The van der Waals surface area contributed by atoms with Gasteiger partial charge in [-0.15, -0.1) is 0 Å². The third kappa shape index (κ3) is 2.38. The summed E-state index contributed by atoms with van der Waals surface area (Å²) in [6.07, 6.45) is 6.35. The van der Waals surface area contributed by atoms with Crippen molar-refractivity contribution in [1.29, 1.82) is 0 Å². The zero-order valence-corrected chi connectivity index (χ0v) is 9.29. The highest BCUT2D eigenvalue weighted by Crippen LogP contribution is 2.17. The fourth-order valence-electron chi connectivity index (χ4n) is 1.93. The second kappa shape index (κ2) is 4.96. The number of rotatable bonds is 5. The first-order chi connectivity index (χ1) is 7.42. The summed E-state index contributed by atoms with van der Waals surface area (Å²) in [5, 5.41) is 8.72. The smallest absolute Gasteiger partial charge is 0.0923 e. The molecular formula is C13H18N2. The molecule has 0 bridgehead atoms. The van der Waals surface area contributed by atoms with Crippen LogP contribution in [0.2, 0.25) is 0 Å². The van der Waals surface area contributed by atoms with Crippen LogP contribution in [-0.2, 0) is 6.42 Å². The maximum absolute atomic E-state index is 4.29. The van der Waals surface area contributed by atoms with E-state index in [0.29, 0.717) is 0 Å². The highest BCUT2D eigenvalue weighted by molar-refractivity contribution is 5.81. The van der Waals surface area contributed by atoms with Crippen LogP contribution < -0.4 is 0 Å². The van der Waals surface area contributed by atoms with E-state index in [2.05, 4.69) is 35.3 Å². The van der Waals surface area contributed by atoms with E-state index in [1.54, 1.807) is 0 Å². The molecule has 0 radical (unpaired) electrons. The molecule has 1 N–H and O–H groups in total. The summed E-state index contributed by atoms with van der Waals surface area (Å²) in [6, 6.07) is 8.31. The van der Waals surface area contributed by atoms with Crippen molar-refractivity contribution in [3.05, 3.63) is 30.0 Å². The molecule has 0 spiro atoms. The van der Waals surface area contributed by atoms with Crippen LogP contribution >= 0.6 is 0 Å². The minimum atomic E-state index is 1.09. The van der Waals surface area contributed by atoms with Crippen LogP contribution in [0.3, 0.4) is 0 Å². The molecule has 0 fully saturated rings. The number of H-pyrrole nitrogens is 1. The highest BCUT2D eigenvalue weighted by atomic mass is 15.1. The number of aromatic amines is 1. The lowest BCUT2D eigenvalue weighted by Gasteiger charge is -1.98. The standard InChI is InChI=1S/C13H18N2/c1-2-3-4-5-9-12-11-8-6-7-10-13(11)15-14-12/h6-8,10H,2-5,9H2,1H3,(H,14,15). The maximum Gasteiger partial charge on any atom is 0.0923 e. The first-order valence-electron chi connectivity index (χ1n) is 5.84. The molecule has 0 aliphatic rings. The van der Waals surface area contributed by atoms with Crippen LogP contribution in [0.4, 0.5) is 0 Å². The SMILES string of the molecule is CCCCCCc1[nH]nc2ccccc12. The number of nitrogens with zero attached hydrogens (tertiary/aromatic N) is 1. The number of aromatic nitrogens is 2. The van der Waals surface area contributed by atoms with Crippen molar-refractivity contribution in [3.8, 4) is 0 Å². The second-order valence-electron chi connectivity index (χ2n) is 4.03. The molecule has 0 saturated heterocycles. The first-order valence-corrected chi connectivity index (χ1v) is 5.84. The van der Waals surface area contributed by atoms with Gasteiger partial charge in [-0.3, -0.25) is 5.10 Å². The summed E-state index contributed by atoms with van der Waals surface area (Å²) in [7, 11) is 0. The summed E-state index contributed by atoms with van der Waals surface area (Å²) < 4.78 is 0. The van der Waals surface area contributed by atoms with Gasteiger partial charge in [-0.05, 0) is 18.9 Å². The van der Waals surface area contributed by atoms with Gasteiger partial charge in [0, 0.05) is 11.1 Å². The van der Waals surface area contributed by atoms with E-state index in [1.165, 1.54) is 36.8 Å². The first kappa shape index (κ1) is 10.2. The van der Waals surface area contributed by atoms with Crippen LogP contribution in [0, 0.1) is 0 Å². The van der Waals surface area contributed by atoms with E-state index in [-0.39, 0.29) is 0 Å². The maximum atomic E-state index is 4.29. The Kier molecular flexibility index (Phi) is 3.38. The van der Waals surface area contributed by atoms with Crippen LogP contribution in [0.25, 0.3) is 10.9 Å². The summed E-state index contributed by atoms with van der Waals surface area (Å²) in [6.45, 7) is 2.24. The predicted octanol–water partition coefficient (Wildman–Crippen LogP) is 3.69. The Hall–Kier alpha value is -1.31. The Morgan fingerprint density at radius 3 is 2.87 bits per heavy atom. The molecule has 2 nitrogen and oxygen atoms in total. The van der Waals surface area contributed by atoms with Gasteiger partial charge in [0.1, 0.15) is 0 Å². The van der Waals surface area contributed by atoms with Crippen molar-refractivity contribution >= 4 is 10.9 Å². The molecule has 0 amide bonds. The van der Waals surface area contributed by atoms with Gasteiger partial charge < -0.3 is 0 Å². The molecule has 15 heavy (non-hydrogen) atoms. The average molecular weight is 202 g/mol. The Morgan fingerprint density at radius 2 is 2.00 bits per heavy atom. The number of para-hydroxylation sites is 1. The van der Waals surface area contributed by atoms with Crippen LogP contribution in [0.15, 0.2) is 24.3 Å². The molecule has 1 aromatic carbocycles. The molecule has 2 rings (SSSR count). The number of benzene rings is 1. The number of hydrogen-bond donors (Lipinski definition) is 1. The summed E-state index contributed by atoms with van der Waals surface area (Å²) in [5.74, 6) is 0. The number of nitrogens with one attached hydrogen (secondary N) is 1. The minimum absolute atomic E-state index is 1.09. The van der Waals surface area contributed by atoms with Gasteiger partial charge in [0.2, 0.25) is 0 Å². The van der Waals surface area contributed by atoms with E-state index in [9.17, 15) is 0 Å². The topological polar surface area (TPSA) is 28.7 Å². The lowest BCUT2D eigenvalue weighted by molar-refractivity contribution is 0.661. The number of aryl methyl sites for hydroxylation is 1. The zero-order valence-electron chi connectivity index (χ0n) is 9.29. The lowest BCUT2D eigenvalue weighted by atomic mass is 10.1. The summed E-state index contributed by atoms with van der Waals surface area (Å²) in [4.78, 5) is 0. The van der Waals surface area contributed by atoms with Gasteiger partial charge in [0.25, 0.3) is 0 Å². The number of unbranched alkanes of at least 4 members (excludes halogenated alkanes) is 3. The molecule has 0 saturated carbocycles. The van der Waals surface area contributed by atoms with Crippen molar-refractivity contribution < 1.29 is 0 Å². The molecular weight excluding hydrogens is 184 g/mol. The Bertz CT molecular complexity index is 417. The molecule has 2 aromatic rings. The van der Waals surface area contributed by atoms with E-state index in [0.717, 1.165) is 11.9 Å². The fourth-order valence-corrected chi connectivity index (χ4v) is 1.93. The zero-order chi connectivity index (χ0) is 10.5. The van der Waals surface area contributed by atoms with Crippen molar-refractivity contribution in [2.24, 2.45) is 0 Å². The van der Waals surface area contributed by atoms with E-state index >= 15 is 0 Å². The van der Waals surface area contributed by atoms with Gasteiger partial charge in [-0.2, -0.15) is 5.10 Å². The normalized spacial score (nSPS) is 11.0. The van der Waals surface area contributed by atoms with Crippen LogP contribution in [0.1, 0.15) is 38.3 Å². The van der Waals surface area contributed by atoms with Crippen LogP contribution in [-0.4, -0.2) is 10.2 Å². The summed E-state index contributed by atoms with van der Waals surface area (Å²) >= 11 is 0. The molecule has 2 heteroatoms. The molecule has 80 valence electrons. The van der Waals surface area contributed by atoms with Crippen molar-refractivity contribution in [2.75, 3.05) is 0 Å². The molecule has 0 atom stereocenters. The third-order valence-corrected chi connectivity index (χ3v) is 2.82. The van der Waals surface area contributed by atoms with Crippen molar-refractivity contribution in [2.45, 2.75) is 39.0 Å². The van der Waals surface area contributed by atoms with Gasteiger partial charge in [-0.1, -0.05) is 44.4 Å². The molecule has 0 aliphatic heterocycles. The third-order valence-electron chi connectivity index (χ3n) is 2.82. The molecule has 1 heterocycles. The second-order valence-corrected chi connectivity index (χ2v) is 4.03. The highest BCUT2D eigenvalue weighted by Gasteiger charge is 2.02. The quantitative estimate of drug-likeness (QED) is 0.736. The van der Waals surface area contributed by atoms with E-state index in [4.69, 9.17) is 0 Å². The largest absolute Gasteiger partial charge is 0.281 e. The lowest BCUT2D eigenvalue weighted by Crippen LogP contribution is -1.86. The van der Waals surface area contributed by atoms with Gasteiger partial charge in [0.05, 0.1) is 5.52 Å². The molecule has 0 aliphatic carbocycles. The monoisotopic (exact) mass is 202 g/mol. The fraction of sp³-hybridized carbons (Fsp3) is 0.462. The Balaban J connectivity index is 2.02. The van der Waals surface area contributed by atoms with E-state index < -0.39 is 0 Å².